The molecule has 1 nitrogen and oxygen atoms in total. The molecule has 0 heterocycles. The third-order valence-electron chi connectivity index (χ3n) is 2.24. The van der Waals surface area contributed by atoms with Gasteiger partial charge >= 0.3 is 0 Å². The second-order valence-corrected chi connectivity index (χ2v) is 3.69. The molecular formula is C9H7ClF2O. The predicted molar refractivity (Wildman–Crippen MR) is 44.5 cm³/mol. The van der Waals surface area contributed by atoms with Gasteiger partial charge in [-0.3, -0.25) is 0 Å². The molecule has 0 spiro atoms. The van der Waals surface area contributed by atoms with Crippen molar-refractivity contribution in [1.29, 1.82) is 0 Å². The van der Waals surface area contributed by atoms with Crippen molar-refractivity contribution in [1.82, 2.24) is 0 Å². The zero-order chi connectivity index (χ0) is 9.64. The fourth-order valence-corrected chi connectivity index (χ4v) is 1.44. The van der Waals surface area contributed by atoms with Crippen molar-refractivity contribution in [3.63, 3.8) is 0 Å². The topological polar surface area (TPSA) is 20.2 Å². The van der Waals surface area contributed by atoms with Crippen LogP contribution >= 0.6 is 11.6 Å². The molecule has 2 rings (SSSR count). The Morgan fingerprint density at radius 3 is 2.38 bits per heavy atom. The molecular weight excluding hydrogens is 198 g/mol. The number of halogens is 3. The van der Waals surface area contributed by atoms with Crippen molar-refractivity contribution in [2.24, 2.45) is 0 Å². The van der Waals surface area contributed by atoms with E-state index in [-0.39, 0.29) is 5.02 Å². The molecule has 0 atom stereocenters. The molecule has 1 aromatic rings. The number of hydrogen-bond donors (Lipinski definition) is 1. The fraction of sp³-hybridized carbons (Fsp3) is 0.333. The summed E-state index contributed by atoms with van der Waals surface area (Å²) in [5, 5.41) is 9.31. The van der Waals surface area contributed by atoms with Crippen LogP contribution in [0.4, 0.5) is 8.78 Å². The first-order valence-electron chi connectivity index (χ1n) is 3.90. The minimum absolute atomic E-state index is 0.282. The summed E-state index contributed by atoms with van der Waals surface area (Å²) < 4.78 is 25.6. The monoisotopic (exact) mass is 204 g/mol. The standard InChI is InChI=1S/C9H7ClF2O/c10-6-3-5(9(13)1-2-9)4-7(11)8(6)12/h3-4,13H,1-2H2. The lowest BCUT2D eigenvalue weighted by Gasteiger charge is -2.08. The van der Waals surface area contributed by atoms with E-state index in [1.807, 2.05) is 0 Å². The van der Waals surface area contributed by atoms with Crippen molar-refractivity contribution in [2.75, 3.05) is 0 Å². The molecule has 0 unspecified atom stereocenters. The highest BCUT2D eigenvalue weighted by Gasteiger charge is 2.42. The Morgan fingerprint density at radius 1 is 1.31 bits per heavy atom. The van der Waals surface area contributed by atoms with Crippen LogP contribution in [0.1, 0.15) is 18.4 Å². The molecule has 1 aliphatic carbocycles. The third-order valence-corrected chi connectivity index (χ3v) is 2.52. The fourth-order valence-electron chi connectivity index (χ4n) is 1.23. The van der Waals surface area contributed by atoms with Crippen LogP contribution in [0.15, 0.2) is 12.1 Å². The largest absolute Gasteiger partial charge is 0.385 e. The number of hydrogen-bond acceptors (Lipinski definition) is 1. The van der Waals surface area contributed by atoms with Crippen LogP contribution in [0.3, 0.4) is 0 Å². The maximum atomic E-state index is 12.8. The maximum Gasteiger partial charge on any atom is 0.177 e. The molecule has 1 saturated carbocycles. The smallest absolute Gasteiger partial charge is 0.177 e. The van der Waals surface area contributed by atoms with Crippen molar-refractivity contribution >= 4 is 11.6 Å². The van der Waals surface area contributed by atoms with Gasteiger partial charge in [0.05, 0.1) is 10.6 Å². The van der Waals surface area contributed by atoms with Gasteiger partial charge in [0.25, 0.3) is 0 Å². The number of aliphatic hydroxyl groups is 1. The van der Waals surface area contributed by atoms with Crippen LogP contribution in [-0.2, 0) is 5.60 Å². The molecule has 4 heteroatoms. The van der Waals surface area contributed by atoms with Crippen molar-refractivity contribution in [2.45, 2.75) is 18.4 Å². The van der Waals surface area contributed by atoms with Crippen LogP contribution < -0.4 is 0 Å². The van der Waals surface area contributed by atoms with Gasteiger partial charge in [0.2, 0.25) is 0 Å². The summed E-state index contributed by atoms with van der Waals surface area (Å²) in [6.45, 7) is 0. The van der Waals surface area contributed by atoms with Crippen molar-refractivity contribution in [3.8, 4) is 0 Å². The molecule has 70 valence electrons. The molecule has 0 bridgehead atoms. The summed E-state index contributed by atoms with van der Waals surface area (Å²) in [7, 11) is 0. The van der Waals surface area contributed by atoms with E-state index >= 15 is 0 Å². The molecule has 1 aromatic carbocycles. The second-order valence-electron chi connectivity index (χ2n) is 3.29. The van der Waals surface area contributed by atoms with Gasteiger partial charge in [0.15, 0.2) is 11.6 Å². The first-order valence-corrected chi connectivity index (χ1v) is 4.28. The van der Waals surface area contributed by atoms with Gasteiger partial charge in [0, 0.05) is 0 Å². The Kier molecular flexibility index (Phi) is 1.82. The molecule has 1 fully saturated rings. The third kappa shape index (κ3) is 1.42. The number of rotatable bonds is 1. The summed E-state index contributed by atoms with van der Waals surface area (Å²) in [5.41, 5.74) is -0.616. The van der Waals surface area contributed by atoms with E-state index in [0.29, 0.717) is 18.4 Å². The SMILES string of the molecule is OC1(c2cc(F)c(F)c(Cl)c2)CC1. The van der Waals surface area contributed by atoms with E-state index in [2.05, 4.69) is 0 Å². The summed E-state index contributed by atoms with van der Waals surface area (Å²) in [6, 6.07) is 2.27. The quantitative estimate of drug-likeness (QED) is 0.698. The lowest BCUT2D eigenvalue weighted by Crippen LogP contribution is -2.05. The van der Waals surface area contributed by atoms with Crippen LogP contribution in [0, 0.1) is 11.6 Å². The highest BCUT2D eigenvalue weighted by Crippen LogP contribution is 2.46. The Bertz CT molecular complexity index is 338. The molecule has 0 aromatic heterocycles. The van der Waals surface area contributed by atoms with Crippen LogP contribution in [0.5, 0.6) is 0 Å². The van der Waals surface area contributed by atoms with Gasteiger partial charge in [0.1, 0.15) is 0 Å². The molecule has 1 aliphatic rings. The van der Waals surface area contributed by atoms with Crippen LogP contribution in [0.2, 0.25) is 5.02 Å². The van der Waals surface area contributed by atoms with Gasteiger partial charge in [-0.2, -0.15) is 0 Å². The lowest BCUT2D eigenvalue weighted by molar-refractivity contribution is 0.151. The average molecular weight is 205 g/mol. The normalized spacial score (nSPS) is 18.8. The van der Waals surface area contributed by atoms with Crippen molar-refractivity contribution < 1.29 is 13.9 Å². The molecule has 0 amide bonds. The zero-order valence-corrected chi connectivity index (χ0v) is 7.41. The van der Waals surface area contributed by atoms with E-state index in [4.69, 9.17) is 11.6 Å². The van der Waals surface area contributed by atoms with Crippen molar-refractivity contribution in [3.05, 3.63) is 34.4 Å². The predicted octanol–water partition coefficient (Wildman–Crippen LogP) is 2.60. The van der Waals surface area contributed by atoms with Gasteiger partial charge in [-0.25, -0.2) is 8.78 Å². The van der Waals surface area contributed by atoms with E-state index in [1.54, 1.807) is 0 Å². The Balaban J connectivity index is 2.50. The van der Waals surface area contributed by atoms with E-state index in [9.17, 15) is 13.9 Å². The van der Waals surface area contributed by atoms with Crippen LogP contribution in [0.25, 0.3) is 0 Å². The Hall–Kier alpha value is -0.670. The second kappa shape index (κ2) is 2.66. The highest BCUT2D eigenvalue weighted by molar-refractivity contribution is 6.30. The summed E-state index contributed by atoms with van der Waals surface area (Å²) in [6.07, 6.45) is 1.16. The minimum atomic E-state index is -1.06. The minimum Gasteiger partial charge on any atom is -0.385 e. The Morgan fingerprint density at radius 2 is 1.92 bits per heavy atom. The average Bonchev–Trinajstić information content (AvgIpc) is 2.80. The lowest BCUT2D eigenvalue weighted by atomic mass is 10.1. The van der Waals surface area contributed by atoms with Gasteiger partial charge in [-0.15, -0.1) is 0 Å². The van der Waals surface area contributed by atoms with E-state index in [0.717, 1.165) is 6.07 Å². The van der Waals surface area contributed by atoms with Crippen LogP contribution in [-0.4, -0.2) is 5.11 Å². The molecule has 1 N–H and O–H groups in total. The molecule has 13 heavy (non-hydrogen) atoms. The first kappa shape index (κ1) is 8.91. The first-order chi connectivity index (χ1) is 6.03. The van der Waals surface area contributed by atoms with E-state index in [1.165, 1.54) is 6.07 Å². The summed E-state index contributed by atoms with van der Waals surface area (Å²) in [5.74, 6) is -2.07. The molecule has 0 radical (unpaired) electrons. The number of benzene rings is 1. The Labute approximate surface area is 78.9 Å². The molecule has 0 aliphatic heterocycles. The summed E-state index contributed by atoms with van der Waals surface area (Å²) in [4.78, 5) is 0. The van der Waals surface area contributed by atoms with Gasteiger partial charge in [-0.05, 0) is 30.5 Å². The zero-order valence-electron chi connectivity index (χ0n) is 6.65. The summed E-state index contributed by atoms with van der Waals surface area (Å²) >= 11 is 5.43. The van der Waals surface area contributed by atoms with Gasteiger partial charge < -0.3 is 5.11 Å². The maximum absolute atomic E-state index is 12.8. The highest BCUT2D eigenvalue weighted by atomic mass is 35.5. The van der Waals surface area contributed by atoms with E-state index < -0.39 is 17.2 Å². The molecule has 0 saturated heterocycles. The van der Waals surface area contributed by atoms with Gasteiger partial charge in [-0.1, -0.05) is 11.6 Å².